The minimum Gasteiger partial charge on any atom is -0.378 e. The number of fused-ring (bicyclic) bond motifs is 1. The molecule has 4 nitrogen and oxygen atoms in total. The first-order valence-corrected chi connectivity index (χ1v) is 9.09. The van der Waals surface area contributed by atoms with Crippen molar-refractivity contribution >= 4 is 22.8 Å². The van der Waals surface area contributed by atoms with E-state index in [1.807, 2.05) is 24.3 Å². The van der Waals surface area contributed by atoms with Crippen LogP contribution in [0.2, 0.25) is 0 Å². The van der Waals surface area contributed by atoms with Crippen LogP contribution in [0.3, 0.4) is 0 Å². The van der Waals surface area contributed by atoms with Gasteiger partial charge in [0.2, 0.25) is 0 Å². The Bertz CT molecular complexity index is 827. The third-order valence-electron chi connectivity index (χ3n) is 4.64. The lowest BCUT2D eigenvalue weighted by Gasteiger charge is -2.34. The second-order valence-corrected chi connectivity index (χ2v) is 7.17. The van der Waals surface area contributed by atoms with Gasteiger partial charge in [0.1, 0.15) is 11.4 Å². The summed E-state index contributed by atoms with van der Waals surface area (Å²) in [5, 5.41) is 3.37. The van der Waals surface area contributed by atoms with E-state index in [0.29, 0.717) is 29.5 Å². The fraction of sp³-hybridized carbons (Fsp3) is 0.263. The number of nitrogens with one attached hydrogen (secondary N) is 1. The molecular weight excluding hydrogens is 339 g/mol. The SMILES string of the molecule is O=C(NC1=NC2(c3ccccc3F)COCC2CS1)c1ccccc1. The molecule has 0 aromatic heterocycles. The first kappa shape index (κ1) is 16.3. The highest BCUT2D eigenvalue weighted by Gasteiger charge is 2.49. The van der Waals surface area contributed by atoms with Gasteiger partial charge in [-0.25, -0.2) is 9.38 Å². The summed E-state index contributed by atoms with van der Waals surface area (Å²) in [6.07, 6.45) is 0. The van der Waals surface area contributed by atoms with Crippen LogP contribution in [0, 0.1) is 11.7 Å². The minimum atomic E-state index is -0.768. The molecule has 2 heterocycles. The highest BCUT2D eigenvalue weighted by molar-refractivity contribution is 8.13. The molecule has 2 aliphatic heterocycles. The zero-order chi connectivity index (χ0) is 17.3. The van der Waals surface area contributed by atoms with Crippen LogP contribution in [0.15, 0.2) is 59.6 Å². The molecular formula is C19H17FN2O2S. The number of hydrogen-bond donors (Lipinski definition) is 1. The lowest BCUT2D eigenvalue weighted by atomic mass is 9.81. The maximum atomic E-state index is 14.4. The maximum Gasteiger partial charge on any atom is 0.257 e. The van der Waals surface area contributed by atoms with Crippen molar-refractivity contribution in [2.45, 2.75) is 5.54 Å². The van der Waals surface area contributed by atoms with Crippen molar-refractivity contribution < 1.29 is 13.9 Å². The molecule has 2 atom stereocenters. The van der Waals surface area contributed by atoms with Crippen LogP contribution in [-0.4, -0.2) is 30.0 Å². The first-order chi connectivity index (χ1) is 12.2. The number of amides is 1. The highest BCUT2D eigenvalue weighted by Crippen LogP contribution is 2.45. The third kappa shape index (κ3) is 2.96. The van der Waals surface area contributed by atoms with Crippen LogP contribution in [-0.2, 0) is 10.3 Å². The number of carbonyl (C=O) groups is 1. The molecule has 0 bridgehead atoms. The molecule has 2 aromatic rings. The molecule has 2 aromatic carbocycles. The molecule has 25 heavy (non-hydrogen) atoms. The molecule has 1 fully saturated rings. The number of amidine groups is 1. The normalized spacial score (nSPS) is 25.2. The fourth-order valence-corrected chi connectivity index (χ4v) is 4.43. The average molecular weight is 356 g/mol. The van der Waals surface area contributed by atoms with Gasteiger partial charge in [-0.1, -0.05) is 48.2 Å². The van der Waals surface area contributed by atoms with E-state index in [-0.39, 0.29) is 17.6 Å². The first-order valence-electron chi connectivity index (χ1n) is 8.11. The van der Waals surface area contributed by atoms with E-state index in [1.54, 1.807) is 24.3 Å². The summed E-state index contributed by atoms with van der Waals surface area (Å²) in [6, 6.07) is 15.7. The second-order valence-electron chi connectivity index (χ2n) is 6.16. The summed E-state index contributed by atoms with van der Waals surface area (Å²) < 4.78 is 20.1. The van der Waals surface area contributed by atoms with Crippen LogP contribution < -0.4 is 5.32 Å². The van der Waals surface area contributed by atoms with Gasteiger partial charge in [-0.2, -0.15) is 0 Å². The predicted molar refractivity (Wildman–Crippen MR) is 96.2 cm³/mol. The van der Waals surface area contributed by atoms with Gasteiger partial charge in [0.15, 0.2) is 5.17 Å². The van der Waals surface area contributed by atoms with E-state index in [9.17, 15) is 9.18 Å². The predicted octanol–water partition coefficient (Wildman–Crippen LogP) is 3.20. The van der Waals surface area contributed by atoms with Crippen LogP contribution in [0.1, 0.15) is 15.9 Å². The topological polar surface area (TPSA) is 50.7 Å². The van der Waals surface area contributed by atoms with Gasteiger partial charge in [-0.05, 0) is 18.2 Å². The van der Waals surface area contributed by atoms with Gasteiger partial charge in [0.25, 0.3) is 5.91 Å². The van der Waals surface area contributed by atoms with E-state index in [0.717, 1.165) is 5.75 Å². The Morgan fingerprint density at radius 1 is 1.20 bits per heavy atom. The van der Waals surface area contributed by atoms with Gasteiger partial charge in [0.05, 0.1) is 13.2 Å². The highest BCUT2D eigenvalue weighted by atomic mass is 32.2. The Morgan fingerprint density at radius 2 is 1.96 bits per heavy atom. The lowest BCUT2D eigenvalue weighted by molar-refractivity contribution is 0.0977. The van der Waals surface area contributed by atoms with Crippen molar-refractivity contribution in [1.82, 2.24) is 5.32 Å². The number of hydrogen-bond acceptors (Lipinski definition) is 4. The summed E-state index contributed by atoms with van der Waals surface area (Å²) in [6.45, 7) is 0.870. The molecule has 6 heteroatoms. The largest absolute Gasteiger partial charge is 0.378 e. The molecule has 0 spiro atoms. The Morgan fingerprint density at radius 3 is 2.76 bits per heavy atom. The van der Waals surface area contributed by atoms with Gasteiger partial charge >= 0.3 is 0 Å². The van der Waals surface area contributed by atoms with Crippen molar-refractivity contribution in [1.29, 1.82) is 0 Å². The molecule has 1 N–H and O–H groups in total. The van der Waals surface area contributed by atoms with Gasteiger partial charge in [0, 0.05) is 22.8 Å². The zero-order valence-corrected chi connectivity index (χ0v) is 14.3. The lowest BCUT2D eigenvalue weighted by Crippen LogP contribution is -2.42. The number of carbonyl (C=O) groups excluding carboxylic acids is 1. The van der Waals surface area contributed by atoms with Crippen molar-refractivity contribution in [3.63, 3.8) is 0 Å². The van der Waals surface area contributed by atoms with Gasteiger partial charge < -0.3 is 10.1 Å². The Hall–Kier alpha value is -2.18. The average Bonchev–Trinajstić information content (AvgIpc) is 3.07. The number of thioether (sulfide) groups is 1. The smallest absolute Gasteiger partial charge is 0.257 e. The number of nitrogens with zero attached hydrogens (tertiary/aromatic N) is 1. The number of rotatable bonds is 2. The van der Waals surface area contributed by atoms with Crippen LogP contribution in [0.5, 0.6) is 0 Å². The Labute approximate surface area is 149 Å². The van der Waals surface area contributed by atoms with Crippen LogP contribution in [0.25, 0.3) is 0 Å². The molecule has 4 rings (SSSR count). The van der Waals surface area contributed by atoms with Crippen molar-refractivity contribution in [3.8, 4) is 0 Å². The van der Waals surface area contributed by atoms with Gasteiger partial charge in [-0.3, -0.25) is 4.79 Å². The fourth-order valence-electron chi connectivity index (χ4n) is 3.31. The standard InChI is InChI=1S/C19H17FN2O2S/c20-16-9-5-4-8-15(16)19-12-24-10-14(19)11-25-18(22-19)21-17(23)13-6-2-1-3-7-13/h1-9,14H,10-12H2,(H,21,22,23). The maximum absolute atomic E-state index is 14.4. The molecule has 2 unspecified atom stereocenters. The minimum absolute atomic E-state index is 0.0896. The number of aliphatic imine (C=N–C) groups is 1. The van der Waals surface area contributed by atoms with Crippen molar-refractivity contribution in [2.75, 3.05) is 19.0 Å². The molecule has 1 saturated heterocycles. The van der Waals surface area contributed by atoms with Crippen molar-refractivity contribution in [2.24, 2.45) is 10.9 Å². The summed E-state index contributed by atoms with van der Waals surface area (Å²) in [5.41, 5.74) is 0.329. The van der Waals surface area contributed by atoms with E-state index >= 15 is 0 Å². The zero-order valence-electron chi connectivity index (χ0n) is 13.4. The molecule has 1 amide bonds. The van der Waals surface area contributed by atoms with E-state index in [2.05, 4.69) is 5.32 Å². The third-order valence-corrected chi connectivity index (χ3v) is 5.67. The Kier molecular flexibility index (Phi) is 4.31. The molecule has 0 aliphatic carbocycles. The number of ether oxygens (including phenoxy) is 1. The summed E-state index contributed by atoms with van der Waals surface area (Å²) in [4.78, 5) is 17.2. The Balaban J connectivity index is 1.67. The van der Waals surface area contributed by atoms with Crippen molar-refractivity contribution in [3.05, 3.63) is 71.5 Å². The van der Waals surface area contributed by atoms with Crippen LogP contribution in [0.4, 0.5) is 4.39 Å². The molecule has 128 valence electrons. The van der Waals surface area contributed by atoms with Crippen LogP contribution >= 0.6 is 11.8 Å². The second kappa shape index (κ2) is 6.61. The monoisotopic (exact) mass is 356 g/mol. The summed E-state index contributed by atoms with van der Waals surface area (Å²) >= 11 is 1.48. The van der Waals surface area contributed by atoms with E-state index < -0.39 is 5.54 Å². The van der Waals surface area contributed by atoms with E-state index in [1.165, 1.54) is 17.8 Å². The molecule has 2 aliphatic rings. The quantitative estimate of drug-likeness (QED) is 0.899. The summed E-state index contributed by atoms with van der Waals surface area (Å²) in [7, 11) is 0. The van der Waals surface area contributed by atoms with Gasteiger partial charge in [-0.15, -0.1) is 0 Å². The summed E-state index contributed by atoms with van der Waals surface area (Å²) in [5.74, 6) is 0.310. The number of benzene rings is 2. The molecule has 0 radical (unpaired) electrons. The molecule has 0 saturated carbocycles. The van der Waals surface area contributed by atoms with E-state index in [4.69, 9.17) is 9.73 Å². The number of halogens is 1.